The summed E-state index contributed by atoms with van der Waals surface area (Å²) in [5, 5.41) is 0. The molecule has 2 atom stereocenters. The predicted molar refractivity (Wildman–Crippen MR) is 233 cm³/mol. The number of hydrogen-bond donors (Lipinski definition) is 1. The fourth-order valence-electron chi connectivity index (χ4n) is 6.72. The van der Waals surface area contributed by atoms with Crippen LogP contribution in [-0.2, 0) is 27.9 Å². The Balaban J connectivity index is 4.16. The van der Waals surface area contributed by atoms with E-state index in [4.69, 9.17) is 18.5 Å². The number of unbranched alkanes of at least 4 members (excludes halogenated alkanes) is 30. The van der Waals surface area contributed by atoms with Crippen LogP contribution in [0, 0.1) is 0 Å². The van der Waals surface area contributed by atoms with Gasteiger partial charge in [-0.3, -0.25) is 13.8 Å². The molecule has 0 aromatic rings. The Bertz CT molecular complexity index is 894. The molecule has 0 aliphatic rings. The number of phosphoric acid groups is 1. The van der Waals surface area contributed by atoms with E-state index in [2.05, 4.69) is 13.8 Å². The second-order valence-corrected chi connectivity index (χ2v) is 18.7. The molecule has 1 N–H and O–H groups in total. The smallest absolute Gasteiger partial charge is 0.472 e. The van der Waals surface area contributed by atoms with Gasteiger partial charge in [-0.05, 0) is 25.3 Å². The number of allylic oxidation sites excluding steroid dienone is 1. The summed E-state index contributed by atoms with van der Waals surface area (Å²) in [5.74, 6) is -0.271. The van der Waals surface area contributed by atoms with Crippen LogP contribution in [-0.4, -0.2) is 69.0 Å². The molecule has 0 amide bonds. The van der Waals surface area contributed by atoms with Gasteiger partial charge in [0.15, 0.2) is 6.10 Å². The molecule has 0 radical (unpaired) electrons. The van der Waals surface area contributed by atoms with Gasteiger partial charge in [0.25, 0.3) is 0 Å². The Labute approximate surface area is 341 Å². The highest BCUT2D eigenvalue weighted by molar-refractivity contribution is 7.47. The van der Waals surface area contributed by atoms with Crippen molar-refractivity contribution >= 4 is 13.8 Å². The summed E-state index contributed by atoms with van der Waals surface area (Å²) in [4.78, 5) is 22.7. The second kappa shape index (κ2) is 39.9. The molecule has 0 fully saturated rings. The van der Waals surface area contributed by atoms with Crippen LogP contribution in [0.4, 0.5) is 0 Å². The average molecular weight is 803 g/mol. The number of ether oxygens (including phenoxy) is 2. The summed E-state index contributed by atoms with van der Waals surface area (Å²) in [7, 11) is 1.69. The highest BCUT2D eigenvalue weighted by Gasteiger charge is 2.25. The Hall–Kier alpha value is -0.920. The monoisotopic (exact) mass is 803 g/mol. The number of esters is 1. The number of hydrogen-bond acceptors (Lipinski definition) is 6. The van der Waals surface area contributed by atoms with Crippen molar-refractivity contribution in [1.29, 1.82) is 0 Å². The third-order valence-corrected chi connectivity index (χ3v) is 11.4. The van der Waals surface area contributed by atoms with Gasteiger partial charge in [-0.25, -0.2) is 4.57 Å². The van der Waals surface area contributed by atoms with Gasteiger partial charge in [-0.2, -0.15) is 0 Å². The minimum absolute atomic E-state index is 0.0419. The quantitative estimate of drug-likeness (QED) is 0.0216. The third-order valence-electron chi connectivity index (χ3n) is 10.4. The van der Waals surface area contributed by atoms with E-state index in [0.717, 1.165) is 32.1 Å². The van der Waals surface area contributed by atoms with E-state index in [1.165, 1.54) is 173 Å². The van der Waals surface area contributed by atoms with E-state index in [0.29, 0.717) is 17.4 Å². The number of carbonyl (C=O) groups excluding carboxylic acids is 1. The number of rotatable bonds is 44. The summed E-state index contributed by atoms with van der Waals surface area (Å²) in [6.45, 7) is 4.95. The van der Waals surface area contributed by atoms with E-state index >= 15 is 0 Å². The van der Waals surface area contributed by atoms with Crippen molar-refractivity contribution in [2.45, 2.75) is 232 Å². The normalized spacial score (nSPS) is 13.7. The Morgan fingerprint density at radius 1 is 0.564 bits per heavy atom. The van der Waals surface area contributed by atoms with E-state index < -0.39 is 13.9 Å². The second-order valence-electron chi connectivity index (χ2n) is 17.2. The van der Waals surface area contributed by atoms with Crippen LogP contribution in [0.2, 0.25) is 0 Å². The summed E-state index contributed by atoms with van der Waals surface area (Å²) in [5.41, 5.74) is 0. The van der Waals surface area contributed by atoms with Gasteiger partial charge >= 0.3 is 13.8 Å². The number of quaternary nitrogens is 1. The van der Waals surface area contributed by atoms with Crippen molar-refractivity contribution in [3.8, 4) is 0 Å². The lowest BCUT2D eigenvalue weighted by atomic mass is 10.0. The van der Waals surface area contributed by atoms with Crippen LogP contribution in [0.3, 0.4) is 0 Å². The minimum atomic E-state index is -4.26. The number of carbonyl (C=O) groups is 1. The van der Waals surface area contributed by atoms with Gasteiger partial charge in [0.05, 0.1) is 34.0 Å². The maximum Gasteiger partial charge on any atom is 0.472 e. The first-order chi connectivity index (χ1) is 26.6. The molecule has 328 valence electrons. The molecule has 0 spiro atoms. The molecule has 2 unspecified atom stereocenters. The molecule has 0 aromatic heterocycles. The molecule has 0 aliphatic heterocycles. The Kier molecular flexibility index (Phi) is 39.2. The minimum Gasteiger partial charge on any atom is -0.492 e. The van der Waals surface area contributed by atoms with Gasteiger partial charge in [-0.15, -0.1) is 0 Å². The molecule has 0 saturated carbocycles. The van der Waals surface area contributed by atoms with E-state index in [-0.39, 0.29) is 25.8 Å². The average Bonchev–Trinajstić information content (AvgIpc) is 3.14. The van der Waals surface area contributed by atoms with Gasteiger partial charge in [-0.1, -0.05) is 200 Å². The van der Waals surface area contributed by atoms with E-state index in [9.17, 15) is 14.3 Å². The molecule has 0 saturated heterocycles. The Morgan fingerprint density at radius 3 is 1.35 bits per heavy atom. The first kappa shape index (κ1) is 54.1. The number of phosphoric ester groups is 1. The van der Waals surface area contributed by atoms with Crippen LogP contribution >= 0.6 is 7.82 Å². The number of likely N-dealkylation sites (N-methyl/N-ethyl adjacent to an activating group) is 1. The lowest BCUT2D eigenvalue weighted by Gasteiger charge is -2.24. The van der Waals surface area contributed by atoms with Crippen molar-refractivity contribution in [3.05, 3.63) is 12.3 Å². The van der Waals surface area contributed by atoms with Gasteiger partial charge in [0.2, 0.25) is 0 Å². The largest absolute Gasteiger partial charge is 0.492 e. The highest BCUT2D eigenvalue weighted by Crippen LogP contribution is 2.43. The SMILES string of the molecule is CCCCCCCCCCCCCC/C=C\OC(COC(=O)CCCCCCCCCCCCCCCCCCCCC)COP(=O)(O)OCC[N+](C)(C)C. The highest BCUT2D eigenvalue weighted by atomic mass is 31.2. The Morgan fingerprint density at radius 2 is 0.945 bits per heavy atom. The maximum atomic E-state index is 12.5. The molecule has 0 rings (SSSR count). The fraction of sp³-hybridized carbons (Fsp3) is 0.935. The van der Waals surface area contributed by atoms with Crippen LogP contribution < -0.4 is 0 Å². The maximum absolute atomic E-state index is 12.5. The zero-order valence-electron chi connectivity index (χ0n) is 37.2. The summed E-state index contributed by atoms with van der Waals surface area (Å²) >= 11 is 0. The molecule has 8 nitrogen and oxygen atoms in total. The first-order valence-corrected chi connectivity index (χ1v) is 25.0. The molecular formula is C46H93NO7P+. The van der Waals surface area contributed by atoms with Crippen LogP contribution in [0.1, 0.15) is 226 Å². The van der Waals surface area contributed by atoms with Crippen molar-refractivity contribution in [3.63, 3.8) is 0 Å². The number of nitrogens with zero attached hydrogens (tertiary/aromatic N) is 1. The summed E-state index contributed by atoms with van der Waals surface area (Å²) in [6.07, 6.45) is 44.9. The topological polar surface area (TPSA) is 91.3 Å². The van der Waals surface area contributed by atoms with Crippen molar-refractivity contribution in [2.75, 3.05) is 47.5 Å². The molecule has 0 aromatic carbocycles. The molecule has 0 heterocycles. The standard InChI is InChI=1S/C46H92NO7P/c1-6-8-10-12-14-16-18-20-22-23-24-25-26-27-29-31-33-35-37-39-46(48)52-43-45(44-54-55(49,50)53-42-40-47(3,4)5)51-41-38-36-34-32-30-28-21-19-17-15-13-11-9-7-2/h38,41,45H,6-37,39-40,42-44H2,1-5H3/p+1/b41-38-. The molecule has 55 heavy (non-hydrogen) atoms. The molecule has 0 bridgehead atoms. The van der Waals surface area contributed by atoms with Gasteiger partial charge in [0.1, 0.15) is 19.8 Å². The first-order valence-electron chi connectivity index (χ1n) is 23.5. The van der Waals surface area contributed by atoms with Crippen molar-refractivity contribution in [2.24, 2.45) is 0 Å². The third kappa shape index (κ3) is 44.0. The summed E-state index contributed by atoms with van der Waals surface area (Å²) in [6, 6.07) is 0. The van der Waals surface area contributed by atoms with Gasteiger partial charge < -0.3 is 18.9 Å². The van der Waals surface area contributed by atoms with Crippen LogP contribution in [0.25, 0.3) is 0 Å². The zero-order valence-corrected chi connectivity index (χ0v) is 38.1. The lowest BCUT2D eigenvalue weighted by Crippen LogP contribution is -2.37. The van der Waals surface area contributed by atoms with Crippen molar-refractivity contribution in [1.82, 2.24) is 0 Å². The zero-order chi connectivity index (χ0) is 40.6. The van der Waals surface area contributed by atoms with Crippen LogP contribution in [0.15, 0.2) is 12.3 Å². The van der Waals surface area contributed by atoms with E-state index in [1.54, 1.807) is 6.26 Å². The molecular weight excluding hydrogens is 709 g/mol. The van der Waals surface area contributed by atoms with Crippen molar-refractivity contribution < 1.29 is 37.3 Å². The van der Waals surface area contributed by atoms with Crippen LogP contribution in [0.5, 0.6) is 0 Å². The van der Waals surface area contributed by atoms with Gasteiger partial charge in [0, 0.05) is 6.42 Å². The molecule has 9 heteroatoms. The lowest BCUT2D eigenvalue weighted by molar-refractivity contribution is -0.870. The predicted octanol–water partition coefficient (Wildman–Crippen LogP) is 14.2. The summed E-state index contributed by atoms with van der Waals surface area (Å²) < 4.78 is 34.8. The van der Waals surface area contributed by atoms with E-state index in [1.807, 2.05) is 27.2 Å². The molecule has 0 aliphatic carbocycles. The fourth-order valence-corrected chi connectivity index (χ4v) is 7.46.